The van der Waals surface area contributed by atoms with Crippen molar-refractivity contribution in [3.8, 4) is 5.75 Å². The van der Waals surface area contributed by atoms with E-state index in [0.29, 0.717) is 24.3 Å². The number of likely N-dealkylation sites (tertiary alicyclic amines) is 1. The summed E-state index contributed by atoms with van der Waals surface area (Å²) in [7, 11) is 1.48. The van der Waals surface area contributed by atoms with Crippen LogP contribution in [0.15, 0.2) is 24.3 Å². The van der Waals surface area contributed by atoms with E-state index in [9.17, 15) is 27.6 Å². The molecule has 158 valence electrons. The van der Waals surface area contributed by atoms with E-state index in [1.807, 2.05) is 5.32 Å². The summed E-state index contributed by atoms with van der Waals surface area (Å²) in [5.41, 5.74) is 0.552. The number of ether oxygens (including phenoxy) is 1. The standard InChI is InChI=1S/C19H22F3N3O4/c1-29-15-7-3-2-5-13(15)25-10-12(9-16(25)26)18(28)24-8-4-6-14(24)17(27)23-11-19(20,21)22/h2-3,5,7,12,14H,4,6,8-11H2,1H3,(H,23,27). The average molecular weight is 413 g/mol. The number of halogens is 3. The molecule has 0 saturated carbocycles. The highest BCUT2D eigenvalue weighted by Gasteiger charge is 2.43. The number of rotatable bonds is 5. The lowest BCUT2D eigenvalue weighted by molar-refractivity contribution is -0.146. The van der Waals surface area contributed by atoms with Gasteiger partial charge < -0.3 is 19.9 Å². The van der Waals surface area contributed by atoms with Gasteiger partial charge in [-0.1, -0.05) is 12.1 Å². The largest absolute Gasteiger partial charge is 0.495 e. The second-order valence-electron chi connectivity index (χ2n) is 7.10. The maximum atomic E-state index is 13.0. The van der Waals surface area contributed by atoms with Gasteiger partial charge in [0.15, 0.2) is 0 Å². The van der Waals surface area contributed by atoms with Crippen LogP contribution in [-0.4, -0.2) is 61.6 Å². The number of alkyl halides is 3. The van der Waals surface area contributed by atoms with Crippen LogP contribution in [0.1, 0.15) is 19.3 Å². The van der Waals surface area contributed by atoms with Gasteiger partial charge in [0.05, 0.1) is 18.7 Å². The van der Waals surface area contributed by atoms with Gasteiger partial charge in [-0.25, -0.2) is 0 Å². The fraction of sp³-hybridized carbons (Fsp3) is 0.526. The Morgan fingerprint density at radius 3 is 2.69 bits per heavy atom. The van der Waals surface area contributed by atoms with Gasteiger partial charge in [-0.3, -0.25) is 14.4 Å². The van der Waals surface area contributed by atoms with Crippen LogP contribution in [0, 0.1) is 5.92 Å². The van der Waals surface area contributed by atoms with Crippen molar-refractivity contribution in [1.29, 1.82) is 0 Å². The maximum Gasteiger partial charge on any atom is 0.405 e. The molecule has 10 heteroatoms. The van der Waals surface area contributed by atoms with Gasteiger partial charge in [0, 0.05) is 19.5 Å². The van der Waals surface area contributed by atoms with Crippen LogP contribution in [0.2, 0.25) is 0 Å². The van der Waals surface area contributed by atoms with Gasteiger partial charge in [0.25, 0.3) is 0 Å². The molecule has 1 aromatic carbocycles. The molecule has 2 unspecified atom stereocenters. The minimum atomic E-state index is -4.52. The highest BCUT2D eigenvalue weighted by atomic mass is 19.4. The molecule has 2 heterocycles. The Balaban J connectivity index is 1.68. The molecule has 0 radical (unpaired) electrons. The summed E-state index contributed by atoms with van der Waals surface area (Å²) < 4.78 is 42.4. The Bertz CT molecular complexity index is 799. The third-order valence-electron chi connectivity index (χ3n) is 5.15. The molecule has 29 heavy (non-hydrogen) atoms. The summed E-state index contributed by atoms with van der Waals surface area (Å²) in [6, 6.07) is 5.99. The monoisotopic (exact) mass is 413 g/mol. The summed E-state index contributed by atoms with van der Waals surface area (Å²) in [6.45, 7) is -1.03. The Morgan fingerprint density at radius 2 is 2.00 bits per heavy atom. The molecule has 2 aliphatic rings. The molecule has 1 aromatic rings. The molecule has 2 atom stereocenters. The number of amides is 3. The molecule has 0 aromatic heterocycles. The van der Waals surface area contributed by atoms with Crippen molar-refractivity contribution in [2.24, 2.45) is 5.92 Å². The van der Waals surface area contributed by atoms with Crippen molar-refractivity contribution in [2.45, 2.75) is 31.5 Å². The summed E-state index contributed by atoms with van der Waals surface area (Å²) in [4.78, 5) is 40.4. The Labute approximate surface area is 165 Å². The van der Waals surface area contributed by atoms with E-state index >= 15 is 0 Å². The van der Waals surface area contributed by atoms with Crippen molar-refractivity contribution < 1.29 is 32.3 Å². The predicted molar refractivity (Wildman–Crippen MR) is 97.3 cm³/mol. The number of para-hydroxylation sites is 2. The number of hydrogen-bond acceptors (Lipinski definition) is 4. The number of carbonyl (C=O) groups is 3. The minimum Gasteiger partial charge on any atom is -0.495 e. The van der Waals surface area contributed by atoms with Gasteiger partial charge in [0.1, 0.15) is 18.3 Å². The number of methoxy groups -OCH3 is 1. The molecule has 0 spiro atoms. The average Bonchev–Trinajstić information content (AvgIpc) is 3.32. The van der Waals surface area contributed by atoms with E-state index in [1.54, 1.807) is 24.3 Å². The zero-order chi connectivity index (χ0) is 21.2. The topological polar surface area (TPSA) is 79.0 Å². The molecule has 0 bridgehead atoms. The second-order valence-corrected chi connectivity index (χ2v) is 7.10. The third-order valence-corrected chi connectivity index (χ3v) is 5.15. The smallest absolute Gasteiger partial charge is 0.405 e. The van der Waals surface area contributed by atoms with E-state index in [-0.39, 0.29) is 31.3 Å². The first-order chi connectivity index (χ1) is 13.7. The number of anilines is 1. The first-order valence-corrected chi connectivity index (χ1v) is 9.29. The Kier molecular flexibility index (Phi) is 5.99. The summed E-state index contributed by atoms with van der Waals surface area (Å²) in [5, 5.41) is 1.85. The highest BCUT2D eigenvalue weighted by molar-refractivity contribution is 6.02. The fourth-order valence-corrected chi connectivity index (χ4v) is 3.80. The van der Waals surface area contributed by atoms with Gasteiger partial charge in [0.2, 0.25) is 17.7 Å². The lowest BCUT2D eigenvalue weighted by Gasteiger charge is -2.27. The van der Waals surface area contributed by atoms with E-state index in [0.717, 1.165) is 0 Å². The van der Waals surface area contributed by atoms with Crippen molar-refractivity contribution >= 4 is 23.4 Å². The first-order valence-electron chi connectivity index (χ1n) is 9.29. The molecule has 2 saturated heterocycles. The normalized spacial score (nSPS) is 22.1. The van der Waals surface area contributed by atoms with Crippen LogP contribution in [0.4, 0.5) is 18.9 Å². The molecule has 2 fully saturated rings. The molecule has 7 nitrogen and oxygen atoms in total. The minimum absolute atomic E-state index is 0.0235. The highest BCUT2D eigenvalue weighted by Crippen LogP contribution is 2.34. The van der Waals surface area contributed by atoms with E-state index in [2.05, 4.69) is 0 Å². The number of nitrogens with zero attached hydrogens (tertiary/aromatic N) is 2. The van der Waals surface area contributed by atoms with Gasteiger partial charge in [-0.15, -0.1) is 0 Å². The van der Waals surface area contributed by atoms with Crippen molar-refractivity contribution in [3.63, 3.8) is 0 Å². The Hall–Kier alpha value is -2.78. The quantitative estimate of drug-likeness (QED) is 0.797. The zero-order valence-electron chi connectivity index (χ0n) is 15.9. The summed E-state index contributed by atoms with van der Waals surface area (Å²) in [5.74, 6) is -1.62. The molecular formula is C19H22F3N3O4. The summed E-state index contributed by atoms with van der Waals surface area (Å²) in [6.07, 6.45) is -3.72. The van der Waals surface area contributed by atoms with Crippen LogP contribution in [0.5, 0.6) is 5.75 Å². The van der Waals surface area contributed by atoms with E-state index in [4.69, 9.17) is 4.74 Å². The number of benzene rings is 1. The van der Waals surface area contributed by atoms with Crippen LogP contribution in [-0.2, 0) is 14.4 Å². The lowest BCUT2D eigenvalue weighted by Crippen LogP contribution is -2.49. The van der Waals surface area contributed by atoms with Crippen LogP contribution < -0.4 is 15.0 Å². The van der Waals surface area contributed by atoms with E-state index < -0.39 is 30.6 Å². The van der Waals surface area contributed by atoms with E-state index in [1.165, 1.54) is 16.9 Å². The van der Waals surface area contributed by atoms with Crippen LogP contribution >= 0.6 is 0 Å². The van der Waals surface area contributed by atoms with Crippen molar-refractivity contribution in [3.05, 3.63) is 24.3 Å². The number of nitrogens with one attached hydrogen (secondary N) is 1. The van der Waals surface area contributed by atoms with Crippen molar-refractivity contribution in [2.75, 3.05) is 31.6 Å². The SMILES string of the molecule is COc1ccccc1N1CC(C(=O)N2CCCC2C(=O)NCC(F)(F)F)CC1=O. The fourth-order valence-electron chi connectivity index (χ4n) is 3.80. The molecule has 3 amide bonds. The summed E-state index contributed by atoms with van der Waals surface area (Å²) >= 11 is 0. The van der Waals surface area contributed by atoms with Crippen LogP contribution in [0.25, 0.3) is 0 Å². The van der Waals surface area contributed by atoms with Crippen LogP contribution in [0.3, 0.4) is 0 Å². The van der Waals surface area contributed by atoms with Crippen molar-refractivity contribution in [1.82, 2.24) is 10.2 Å². The zero-order valence-corrected chi connectivity index (χ0v) is 15.9. The molecule has 1 N–H and O–H groups in total. The first kappa shape index (κ1) is 20.9. The lowest BCUT2D eigenvalue weighted by atomic mass is 10.1. The Morgan fingerprint density at radius 1 is 1.28 bits per heavy atom. The molecule has 2 aliphatic heterocycles. The molecule has 3 rings (SSSR count). The molecular weight excluding hydrogens is 391 g/mol. The third kappa shape index (κ3) is 4.63. The van der Waals surface area contributed by atoms with Gasteiger partial charge in [-0.05, 0) is 25.0 Å². The maximum absolute atomic E-state index is 13.0. The van der Waals surface area contributed by atoms with Gasteiger partial charge >= 0.3 is 6.18 Å². The second kappa shape index (κ2) is 8.30. The number of hydrogen-bond donors (Lipinski definition) is 1. The van der Waals surface area contributed by atoms with Gasteiger partial charge in [-0.2, -0.15) is 13.2 Å². The number of carbonyl (C=O) groups excluding carboxylic acids is 3. The predicted octanol–water partition coefficient (Wildman–Crippen LogP) is 1.72. The molecule has 0 aliphatic carbocycles.